The van der Waals surface area contributed by atoms with Crippen molar-refractivity contribution in [3.05, 3.63) is 60.2 Å². The van der Waals surface area contributed by atoms with Gasteiger partial charge in [-0.2, -0.15) is 0 Å². The predicted molar refractivity (Wildman–Crippen MR) is 92.2 cm³/mol. The van der Waals surface area contributed by atoms with Gasteiger partial charge in [-0.3, -0.25) is 0 Å². The average molecular weight is 359 g/mol. The summed E-state index contributed by atoms with van der Waals surface area (Å²) in [4.78, 5) is 0. The van der Waals surface area contributed by atoms with Gasteiger partial charge in [0.2, 0.25) is 6.29 Å². The molecule has 0 aromatic heterocycles. The van der Waals surface area contributed by atoms with E-state index in [1.807, 2.05) is 30.3 Å². The molecule has 2 aromatic carbocycles. The SMILES string of the molecule is Nc1ccc(O[C@H]2O[C@@H]3COC(c4ccccc4)O[C@H]3[C@H](O)[C@@H]2O)cc1. The van der Waals surface area contributed by atoms with Crippen molar-refractivity contribution < 1.29 is 29.2 Å². The third kappa shape index (κ3) is 3.40. The molecular weight excluding hydrogens is 338 g/mol. The van der Waals surface area contributed by atoms with E-state index in [4.69, 9.17) is 24.7 Å². The van der Waals surface area contributed by atoms with Crippen LogP contribution in [0.3, 0.4) is 0 Å². The minimum atomic E-state index is -1.26. The van der Waals surface area contributed by atoms with Crippen LogP contribution in [-0.4, -0.2) is 47.5 Å². The van der Waals surface area contributed by atoms with Gasteiger partial charge < -0.3 is 34.9 Å². The first-order valence-electron chi connectivity index (χ1n) is 8.47. The molecule has 6 atom stereocenters. The summed E-state index contributed by atoms with van der Waals surface area (Å²) in [5.41, 5.74) is 7.09. The molecule has 2 aliphatic rings. The lowest BCUT2D eigenvalue weighted by molar-refractivity contribution is -0.350. The Kier molecular flexibility index (Phi) is 4.80. The Bertz CT molecular complexity index is 723. The van der Waals surface area contributed by atoms with E-state index >= 15 is 0 Å². The normalized spacial score (nSPS) is 34.1. The zero-order valence-electron chi connectivity index (χ0n) is 14.0. The second-order valence-corrected chi connectivity index (χ2v) is 6.39. The molecule has 2 aromatic rings. The van der Waals surface area contributed by atoms with Gasteiger partial charge in [0.05, 0.1) is 6.61 Å². The summed E-state index contributed by atoms with van der Waals surface area (Å²) in [5, 5.41) is 20.9. The van der Waals surface area contributed by atoms with E-state index in [2.05, 4.69) is 0 Å². The lowest BCUT2D eigenvalue weighted by Crippen LogP contribution is -2.62. The molecule has 2 saturated heterocycles. The summed E-state index contributed by atoms with van der Waals surface area (Å²) in [5.74, 6) is 0.480. The predicted octanol–water partition coefficient (Wildman–Crippen LogP) is 1.21. The second kappa shape index (κ2) is 7.22. The van der Waals surface area contributed by atoms with Crippen LogP contribution in [-0.2, 0) is 14.2 Å². The van der Waals surface area contributed by atoms with Crippen molar-refractivity contribution in [1.82, 2.24) is 0 Å². The maximum atomic E-state index is 10.5. The van der Waals surface area contributed by atoms with Gasteiger partial charge in [-0.15, -0.1) is 0 Å². The maximum absolute atomic E-state index is 10.5. The molecule has 4 N–H and O–H groups in total. The minimum Gasteiger partial charge on any atom is -0.462 e. The van der Waals surface area contributed by atoms with Gasteiger partial charge in [0.1, 0.15) is 30.2 Å². The van der Waals surface area contributed by atoms with E-state index in [-0.39, 0.29) is 6.61 Å². The molecule has 0 spiro atoms. The van der Waals surface area contributed by atoms with Crippen LogP contribution in [0.4, 0.5) is 5.69 Å². The van der Waals surface area contributed by atoms with Crippen molar-refractivity contribution in [1.29, 1.82) is 0 Å². The molecule has 0 amide bonds. The molecule has 7 nitrogen and oxygen atoms in total. The molecule has 0 saturated carbocycles. The second-order valence-electron chi connectivity index (χ2n) is 6.39. The van der Waals surface area contributed by atoms with Gasteiger partial charge in [0.15, 0.2) is 6.29 Å². The summed E-state index contributed by atoms with van der Waals surface area (Å²) in [6, 6.07) is 16.1. The standard InChI is InChI=1S/C19H21NO6/c20-12-6-8-13(9-7-12)24-19-16(22)15(21)17-14(25-19)10-23-18(26-17)11-4-2-1-3-5-11/h1-9,14-19,21-22H,10,20H2/t14-,15-,16+,17-,18?,19+/m1/s1. The summed E-state index contributed by atoms with van der Waals surface area (Å²) in [6.45, 7) is 0.218. The lowest BCUT2D eigenvalue weighted by Gasteiger charge is -2.46. The summed E-state index contributed by atoms with van der Waals surface area (Å²) in [7, 11) is 0. The Hall–Kier alpha value is -2.16. The topological polar surface area (TPSA) is 103 Å². The van der Waals surface area contributed by atoms with Crippen molar-refractivity contribution in [3.63, 3.8) is 0 Å². The van der Waals surface area contributed by atoms with Crippen LogP contribution in [0.15, 0.2) is 54.6 Å². The van der Waals surface area contributed by atoms with Gasteiger partial charge >= 0.3 is 0 Å². The number of nitrogen functional groups attached to an aromatic ring is 1. The number of aliphatic hydroxyl groups excluding tert-OH is 2. The first-order valence-corrected chi connectivity index (χ1v) is 8.47. The van der Waals surface area contributed by atoms with Gasteiger partial charge in [0.25, 0.3) is 0 Å². The van der Waals surface area contributed by atoms with Crippen molar-refractivity contribution in [2.24, 2.45) is 0 Å². The van der Waals surface area contributed by atoms with E-state index in [0.717, 1.165) is 5.56 Å². The number of nitrogens with two attached hydrogens (primary N) is 1. The maximum Gasteiger partial charge on any atom is 0.229 e. The Morgan fingerprint density at radius 1 is 0.923 bits per heavy atom. The molecule has 2 fully saturated rings. The zero-order chi connectivity index (χ0) is 18.1. The summed E-state index contributed by atoms with van der Waals surface area (Å²) >= 11 is 0. The fourth-order valence-corrected chi connectivity index (χ4v) is 3.13. The van der Waals surface area contributed by atoms with Crippen LogP contribution in [0.25, 0.3) is 0 Å². The van der Waals surface area contributed by atoms with Crippen LogP contribution < -0.4 is 10.5 Å². The smallest absolute Gasteiger partial charge is 0.229 e. The van der Waals surface area contributed by atoms with Crippen LogP contribution in [0.5, 0.6) is 5.75 Å². The molecule has 0 bridgehead atoms. The van der Waals surface area contributed by atoms with E-state index in [1.165, 1.54) is 0 Å². The number of aliphatic hydroxyl groups is 2. The lowest BCUT2D eigenvalue weighted by atomic mass is 9.98. The van der Waals surface area contributed by atoms with Crippen molar-refractivity contribution in [2.45, 2.75) is 37.0 Å². The Balaban J connectivity index is 1.45. The molecule has 2 aliphatic heterocycles. The van der Waals surface area contributed by atoms with Crippen LogP contribution >= 0.6 is 0 Å². The number of ether oxygens (including phenoxy) is 4. The molecule has 7 heteroatoms. The molecule has 2 heterocycles. The highest BCUT2D eigenvalue weighted by Gasteiger charge is 2.49. The molecule has 26 heavy (non-hydrogen) atoms. The molecule has 0 aliphatic carbocycles. The van der Waals surface area contributed by atoms with E-state index < -0.39 is 37.0 Å². The van der Waals surface area contributed by atoms with Crippen LogP contribution in [0, 0.1) is 0 Å². The minimum absolute atomic E-state index is 0.218. The number of anilines is 1. The molecule has 4 rings (SSSR count). The van der Waals surface area contributed by atoms with Gasteiger partial charge in [-0.05, 0) is 24.3 Å². The van der Waals surface area contributed by atoms with E-state index in [9.17, 15) is 10.2 Å². The quantitative estimate of drug-likeness (QED) is 0.708. The Morgan fingerprint density at radius 3 is 2.38 bits per heavy atom. The first kappa shape index (κ1) is 17.3. The third-order valence-electron chi connectivity index (χ3n) is 4.54. The van der Waals surface area contributed by atoms with Crippen molar-refractivity contribution >= 4 is 5.69 Å². The van der Waals surface area contributed by atoms with Gasteiger partial charge in [-0.25, -0.2) is 0 Å². The van der Waals surface area contributed by atoms with Gasteiger partial charge in [0, 0.05) is 11.3 Å². The number of benzene rings is 2. The number of hydrogen-bond acceptors (Lipinski definition) is 7. The highest BCUT2D eigenvalue weighted by molar-refractivity contribution is 5.41. The molecular formula is C19H21NO6. The third-order valence-corrected chi connectivity index (χ3v) is 4.54. The largest absolute Gasteiger partial charge is 0.462 e. The number of hydrogen-bond donors (Lipinski definition) is 3. The summed E-state index contributed by atoms with van der Waals surface area (Å²) < 4.78 is 23.0. The molecule has 1 unspecified atom stereocenters. The number of rotatable bonds is 3. The van der Waals surface area contributed by atoms with Gasteiger partial charge in [-0.1, -0.05) is 30.3 Å². The highest BCUT2D eigenvalue weighted by Crippen LogP contribution is 2.34. The van der Waals surface area contributed by atoms with Crippen molar-refractivity contribution in [2.75, 3.05) is 12.3 Å². The van der Waals surface area contributed by atoms with Crippen LogP contribution in [0.2, 0.25) is 0 Å². The van der Waals surface area contributed by atoms with E-state index in [1.54, 1.807) is 24.3 Å². The Labute approximate surface area is 150 Å². The first-order chi connectivity index (χ1) is 12.6. The fraction of sp³-hybridized carbons (Fsp3) is 0.368. The molecule has 138 valence electrons. The Morgan fingerprint density at radius 2 is 1.65 bits per heavy atom. The van der Waals surface area contributed by atoms with Crippen molar-refractivity contribution in [3.8, 4) is 5.75 Å². The zero-order valence-corrected chi connectivity index (χ0v) is 14.0. The summed E-state index contributed by atoms with van der Waals surface area (Å²) in [6.07, 6.45) is -5.33. The fourth-order valence-electron chi connectivity index (χ4n) is 3.13. The average Bonchev–Trinajstić information content (AvgIpc) is 2.68. The number of fused-ring (bicyclic) bond motifs is 1. The monoisotopic (exact) mass is 359 g/mol. The van der Waals surface area contributed by atoms with E-state index in [0.29, 0.717) is 11.4 Å². The van der Waals surface area contributed by atoms with Crippen LogP contribution in [0.1, 0.15) is 11.9 Å². The highest BCUT2D eigenvalue weighted by atomic mass is 16.8. The molecule has 0 radical (unpaired) electrons.